The summed E-state index contributed by atoms with van der Waals surface area (Å²) in [5.41, 5.74) is 4.45. The highest BCUT2D eigenvalue weighted by molar-refractivity contribution is 5.79. The van der Waals surface area contributed by atoms with Crippen LogP contribution in [0.4, 0.5) is 0 Å². The van der Waals surface area contributed by atoms with Gasteiger partial charge in [0.25, 0.3) is 0 Å². The molecule has 23 heavy (non-hydrogen) atoms. The van der Waals surface area contributed by atoms with Gasteiger partial charge in [-0.1, -0.05) is 30.3 Å². The molecule has 0 N–H and O–H groups in total. The van der Waals surface area contributed by atoms with Gasteiger partial charge in [-0.05, 0) is 66.7 Å². The van der Waals surface area contributed by atoms with Crippen molar-refractivity contribution in [1.29, 1.82) is 0 Å². The second-order valence-electron chi connectivity index (χ2n) is 7.11. The molecule has 2 aliphatic rings. The van der Waals surface area contributed by atoms with Crippen LogP contribution in [-0.2, 0) is 23.1 Å². The quantitative estimate of drug-likeness (QED) is 0.847. The average molecular weight is 305 g/mol. The zero-order valence-corrected chi connectivity index (χ0v) is 13.5. The Kier molecular flexibility index (Phi) is 3.76. The van der Waals surface area contributed by atoms with E-state index in [2.05, 4.69) is 41.4 Å². The number of carbonyl (C=O) groups excluding carboxylic acids is 1. The molecule has 1 aromatic carbocycles. The second kappa shape index (κ2) is 5.92. The van der Waals surface area contributed by atoms with Crippen molar-refractivity contribution in [2.45, 2.75) is 50.4 Å². The van der Waals surface area contributed by atoms with Crippen molar-refractivity contribution in [3.63, 3.8) is 0 Å². The fraction of sp³-hybridized carbons (Fsp3) is 0.429. The Morgan fingerprint density at radius 2 is 1.83 bits per heavy atom. The Bertz CT molecular complexity index is 697. The molecule has 1 heterocycles. The molecule has 118 valence electrons. The maximum Gasteiger partial charge on any atom is 0.132 e. The number of carbonyl (C=O) groups is 1. The SMILES string of the molecule is O=C1CCC2(CC1)c1ccccc1CC2CCc1ccccn1. The number of fused-ring (bicyclic) bond motifs is 2. The molecule has 2 nitrogen and oxygen atoms in total. The topological polar surface area (TPSA) is 30.0 Å². The summed E-state index contributed by atoms with van der Waals surface area (Å²) in [5, 5.41) is 0. The van der Waals surface area contributed by atoms with Crippen LogP contribution in [-0.4, -0.2) is 10.8 Å². The van der Waals surface area contributed by atoms with Crippen LogP contribution in [0.15, 0.2) is 48.7 Å². The molecule has 4 rings (SSSR count). The van der Waals surface area contributed by atoms with Crippen LogP contribution in [0.5, 0.6) is 0 Å². The summed E-state index contributed by atoms with van der Waals surface area (Å²) in [6, 6.07) is 15.1. The first-order chi connectivity index (χ1) is 11.3. The van der Waals surface area contributed by atoms with Crippen LogP contribution < -0.4 is 0 Å². The maximum absolute atomic E-state index is 11.8. The zero-order valence-electron chi connectivity index (χ0n) is 13.5. The fourth-order valence-electron chi connectivity index (χ4n) is 4.76. The van der Waals surface area contributed by atoms with Crippen molar-refractivity contribution >= 4 is 5.78 Å². The summed E-state index contributed by atoms with van der Waals surface area (Å²) in [4.78, 5) is 16.3. The predicted molar refractivity (Wildman–Crippen MR) is 91.3 cm³/mol. The lowest BCUT2D eigenvalue weighted by molar-refractivity contribution is -0.121. The van der Waals surface area contributed by atoms with Gasteiger partial charge < -0.3 is 0 Å². The summed E-state index contributed by atoms with van der Waals surface area (Å²) in [6.45, 7) is 0. The summed E-state index contributed by atoms with van der Waals surface area (Å²) in [6.07, 6.45) is 8.84. The highest BCUT2D eigenvalue weighted by atomic mass is 16.1. The van der Waals surface area contributed by atoms with E-state index in [9.17, 15) is 4.79 Å². The number of benzene rings is 1. The fourth-order valence-corrected chi connectivity index (χ4v) is 4.76. The Morgan fingerprint density at radius 1 is 1.04 bits per heavy atom. The molecule has 0 radical (unpaired) electrons. The highest BCUT2D eigenvalue weighted by Gasteiger charge is 2.47. The summed E-state index contributed by atoms with van der Waals surface area (Å²) in [7, 11) is 0. The number of aryl methyl sites for hydroxylation is 1. The van der Waals surface area contributed by atoms with E-state index >= 15 is 0 Å². The van der Waals surface area contributed by atoms with Crippen molar-refractivity contribution in [2.75, 3.05) is 0 Å². The second-order valence-corrected chi connectivity index (χ2v) is 7.11. The number of hydrogen-bond donors (Lipinski definition) is 0. The van der Waals surface area contributed by atoms with Gasteiger partial charge in [-0.2, -0.15) is 0 Å². The Labute approximate surface area is 138 Å². The van der Waals surface area contributed by atoms with Crippen LogP contribution in [0.2, 0.25) is 0 Å². The Balaban J connectivity index is 1.60. The van der Waals surface area contributed by atoms with Crippen LogP contribution in [0.3, 0.4) is 0 Å². The molecular weight excluding hydrogens is 282 g/mol. The van der Waals surface area contributed by atoms with Crippen molar-refractivity contribution in [1.82, 2.24) is 4.98 Å². The maximum atomic E-state index is 11.8. The van der Waals surface area contributed by atoms with Gasteiger partial charge in [0.1, 0.15) is 5.78 Å². The molecule has 1 fully saturated rings. The predicted octanol–water partition coefficient (Wildman–Crippen LogP) is 4.27. The normalized spacial score (nSPS) is 22.3. The summed E-state index contributed by atoms with van der Waals surface area (Å²) in [5.74, 6) is 1.10. The average Bonchev–Trinajstić information content (AvgIpc) is 2.90. The molecule has 1 spiro atoms. The van der Waals surface area contributed by atoms with Crippen LogP contribution in [0.25, 0.3) is 0 Å². The molecule has 0 saturated heterocycles. The zero-order chi connectivity index (χ0) is 15.7. The largest absolute Gasteiger partial charge is 0.300 e. The van der Waals surface area contributed by atoms with E-state index in [1.165, 1.54) is 23.2 Å². The van der Waals surface area contributed by atoms with E-state index in [1.807, 2.05) is 12.3 Å². The van der Waals surface area contributed by atoms with E-state index < -0.39 is 0 Å². The third-order valence-electron chi connectivity index (χ3n) is 5.98. The highest BCUT2D eigenvalue weighted by Crippen LogP contribution is 2.52. The van der Waals surface area contributed by atoms with Gasteiger partial charge in [-0.25, -0.2) is 0 Å². The van der Waals surface area contributed by atoms with E-state index in [4.69, 9.17) is 0 Å². The van der Waals surface area contributed by atoms with Gasteiger partial charge in [0.2, 0.25) is 0 Å². The van der Waals surface area contributed by atoms with E-state index in [0.29, 0.717) is 11.7 Å². The first-order valence-corrected chi connectivity index (χ1v) is 8.78. The van der Waals surface area contributed by atoms with Gasteiger partial charge >= 0.3 is 0 Å². The number of ketones is 1. The minimum absolute atomic E-state index is 0.235. The molecule has 0 bridgehead atoms. The molecule has 1 unspecified atom stereocenters. The van der Waals surface area contributed by atoms with Crippen molar-refractivity contribution in [2.24, 2.45) is 5.92 Å². The number of Topliss-reactive ketones (excluding diaryl/α,β-unsaturated/α-hetero) is 1. The molecule has 0 aliphatic heterocycles. The standard InChI is InChI=1S/C21H23NO/c23-19-10-12-21(13-11-19)17(8-9-18-6-3-4-14-22-18)15-16-5-1-2-7-20(16)21/h1-7,14,17H,8-13,15H2. The van der Waals surface area contributed by atoms with Gasteiger partial charge in [0.05, 0.1) is 0 Å². The third kappa shape index (κ3) is 2.60. The first-order valence-electron chi connectivity index (χ1n) is 8.78. The van der Waals surface area contributed by atoms with E-state index in [0.717, 1.165) is 38.5 Å². The molecule has 1 aromatic heterocycles. The van der Waals surface area contributed by atoms with Gasteiger partial charge in [0.15, 0.2) is 0 Å². The lowest BCUT2D eigenvalue weighted by Gasteiger charge is -2.39. The number of rotatable bonds is 3. The number of aromatic nitrogens is 1. The first kappa shape index (κ1) is 14.6. The smallest absolute Gasteiger partial charge is 0.132 e. The molecule has 2 aromatic rings. The van der Waals surface area contributed by atoms with Gasteiger partial charge in [-0.15, -0.1) is 0 Å². The molecule has 2 aliphatic carbocycles. The number of nitrogens with zero attached hydrogens (tertiary/aromatic N) is 1. The van der Waals surface area contributed by atoms with Gasteiger partial charge in [0, 0.05) is 24.7 Å². The monoisotopic (exact) mass is 305 g/mol. The van der Waals surface area contributed by atoms with Gasteiger partial charge in [-0.3, -0.25) is 9.78 Å². The lowest BCUT2D eigenvalue weighted by atomic mass is 9.64. The minimum Gasteiger partial charge on any atom is -0.300 e. The molecular formula is C21H23NO. The summed E-state index contributed by atoms with van der Waals surface area (Å²) >= 11 is 0. The van der Waals surface area contributed by atoms with Crippen LogP contribution in [0.1, 0.15) is 48.9 Å². The number of pyridine rings is 1. The van der Waals surface area contributed by atoms with Crippen LogP contribution in [0, 0.1) is 5.92 Å². The molecule has 0 amide bonds. The minimum atomic E-state index is 0.235. The Morgan fingerprint density at radius 3 is 2.61 bits per heavy atom. The molecule has 2 heteroatoms. The Hall–Kier alpha value is -1.96. The van der Waals surface area contributed by atoms with E-state index in [-0.39, 0.29) is 5.41 Å². The van der Waals surface area contributed by atoms with Crippen molar-refractivity contribution < 1.29 is 4.79 Å². The van der Waals surface area contributed by atoms with Crippen molar-refractivity contribution in [3.05, 3.63) is 65.5 Å². The number of hydrogen-bond acceptors (Lipinski definition) is 2. The molecule has 1 atom stereocenters. The van der Waals surface area contributed by atoms with E-state index in [1.54, 1.807) is 0 Å². The van der Waals surface area contributed by atoms with Crippen molar-refractivity contribution in [3.8, 4) is 0 Å². The molecule has 1 saturated carbocycles. The summed E-state index contributed by atoms with van der Waals surface area (Å²) < 4.78 is 0. The third-order valence-corrected chi connectivity index (χ3v) is 5.98. The van der Waals surface area contributed by atoms with Crippen LogP contribution >= 0.6 is 0 Å². The lowest BCUT2D eigenvalue weighted by Crippen LogP contribution is -2.36.